The van der Waals surface area contributed by atoms with E-state index >= 15 is 0 Å². The SMILES string of the molecule is NC1(C(=O)Cl)CC2CCCCC2C1. The van der Waals surface area contributed by atoms with Crippen LogP contribution in [0.1, 0.15) is 38.5 Å². The van der Waals surface area contributed by atoms with Crippen LogP contribution in [0.2, 0.25) is 0 Å². The van der Waals surface area contributed by atoms with Crippen LogP contribution in [0.5, 0.6) is 0 Å². The quantitative estimate of drug-likeness (QED) is 0.660. The van der Waals surface area contributed by atoms with Gasteiger partial charge in [-0.05, 0) is 36.3 Å². The van der Waals surface area contributed by atoms with Crippen molar-refractivity contribution in [2.45, 2.75) is 44.1 Å². The molecule has 0 bridgehead atoms. The predicted molar refractivity (Wildman–Crippen MR) is 52.5 cm³/mol. The maximum atomic E-state index is 11.2. The first-order chi connectivity index (χ1) is 6.12. The van der Waals surface area contributed by atoms with Gasteiger partial charge in [0.05, 0.1) is 5.54 Å². The van der Waals surface area contributed by atoms with Gasteiger partial charge in [-0.15, -0.1) is 0 Å². The normalized spacial score (nSPS) is 44.5. The van der Waals surface area contributed by atoms with Gasteiger partial charge < -0.3 is 5.73 Å². The van der Waals surface area contributed by atoms with E-state index in [-0.39, 0.29) is 5.24 Å². The number of fused-ring (bicyclic) bond motifs is 1. The van der Waals surface area contributed by atoms with E-state index in [1.807, 2.05) is 0 Å². The van der Waals surface area contributed by atoms with Crippen LogP contribution in [0.3, 0.4) is 0 Å². The monoisotopic (exact) mass is 201 g/mol. The molecular formula is C10H16ClNO. The van der Waals surface area contributed by atoms with Crippen LogP contribution in [0.4, 0.5) is 0 Å². The number of hydrogen-bond donors (Lipinski definition) is 1. The average molecular weight is 202 g/mol. The number of halogens is 1. The van der Waals surface area contributed by atoms with E-state index in [2.05, 4.69) is 0 Å². The van der Waals surface area contributed by atoms with Gasteiger partial charge in [0.2, 0.25) is 5.24 Å². The Labute approximate surface area is 83.8 Å². The van der Waals surface area contributed by atoms with Gasteiger partial charge in [0, 0.05) is 0 Å². The number of hydrogen-bond acceptors (Lipinski definition) is 2. The molecule has 0 radical (unpaired) electrons. The molecule has 2 rings (SSSR count). The molecule has 2 unspecified atom stereocenters. The van der Waals surface area contributed by atoms with Crippen molar-refractivity contribution in [1.82, 2.24) is 0 Å². The molecule has 0 aromatic carbocycles. The van der Waals surface area contributed by atoms with Crippen molar-refractivity contribution in [2.75, 3.05) is 0 Å². The predicted octanol–water partition coefficient (Wildman–Crippen LogP) is 2.05. The van der Waals surface area contributed by atoms with Crippen molar-refractivity contribution in [3.63, 3.8) is 0 Å². The Bertz CT molecular complexity index is 215. The molecule has 0 aromatic rings. The molecule has 2 aliphatic rings. The summed E-state index contributed by atoms with van der Waals surface area (Å²) in [5.41, 5.74) is 5.29. The van der Waals surface area contributed by atoms with E-state index in [1.165, 1.54) is 25.7 Å². The van der Waals surface area contributed by atoms with E-state index in [0.29, 0.717) is 11.8 Å². The fourth-order valence-corrected chi connectivity index (χ4v) is 3.16. The Balaban J connectivity index is 2.10. The van der Waals surface area contributed by atoms with Crippen molar-refractivity contribution in [1.29, 1.82) is 0 Å². The van der Waals surface area contributed by atoms with Crippen LogP contribution in [0.25, 0.3) is 0 Å². The summed E-state index contributed by atoms with van der Waals surface area (Å²) in [4.78, 5) is 11.2. The van der Waals surface area contributed by atoms with Gasteiger partial charge >= 0.3 is 0 Å². The highest BCUT2D eigenvalue weighted by atomic mass is 35.5. The molecule has 2 aliphatic carbocycles. The molecule has 13 heavy (non-hydrogen) atoms. The Morgan fingerprint density at radius 2 is 1.69 bits per heavy atom. The smallest absolute Gasteiger partial charge is 0.241 e. The third kappa shape index (κ3) is 1.62. The van der Waals surface area contributed by atoms with Gasteiger partial charge in [0.1, 0.15) is 0 Å². The van der Waals surface area contributed by atoms with Crippen molar-refractivity contribution >= 4 is 16.8 Å². The lowest BCUT2D eigenvalue weighted by Crippen LogP contribution is -2.43. The molecule has 0 aliphatic heterocycles. The fourth-order valence-electron chi connectivity index (χ4n) is 3.00. The lowest BCUT2D eigenvalue weighted by atomic mass is 9.82. The molecule has 2 N–H and O–H groups in total. The van der Waals surface area contributed by atoms with Crippen LogP contribution in [-0.4, -0.2) is 10.8 Å². The van der Waals surface area contributed by atoms with Crippen LogP contribution in [0.15, 0.2) is 0 Å². The highest BCUT2D eigenvalue weighted by Gasteiger charge is 2.47. The average Bonchev–Trinajstić information content (AvgIpc) is 2.42. The van der Waals surface area contributed by atoms with Crippen LogP contribution in [-0.2, 0) is 4.79 Å². The van der Waals surface area contributed by atoms with Crippen molar-refractivity contribution in [3.8, 4) is 0 Å². The molecular weight excluding hydrogens is 186 g/mol. The third-order valence-electron chi connectivity index (χ3n) is 3.71. The Kier molecular flexibility index (Phi) is 2.37. The summed E-state index contributed by atoms with van der Waals surface area (Å²) in [5, 5.41) is -0.332. The summed E-state index contributed by atoms with van der Waals surface area (Å²) in [6, 6.07) is 0. The van der Waals surface area contributed by atoms with Gasteiger partial charge in [0.25, 0.3) is 0 Å². The van der Waals surface area contributed by atoms with E-state index in [9.17, 15) is 4.79 Å². The second-order valence-corrected chi connectivity index (χ2v) is 4.99. The molecule has 2 nitrogen and oxygen atoms in total. The number of carbonyl (C=O) groups is 1. The molecule has 2 fully saturated rings. The Hall–Kier alpha value is -0.0800. The summed E-state index contributed by atoms with van der Waals surface area (Å²) in [6.07, 6.45) is 6.73. The molecule has 0 spiro atoms. The second-order valence-electron chi connectivity index (χ2n) is 4.64. The minimum Gasteiger partial charge on any atom is -0.318 e. The number of nitrogens with two attached hydrogens (primary N) is 1. The summed E-state index contributed by atoms with van der Waals surface area (Å²) in [5.74, 6) is 1.34. The highest BCUT2D eigenvalue weighted by Crippen LogP contribution is 2.46. The molecule has 0 aromatic heterocycles. The summed E-state index contributed by atoms with van der Waals surface area (Å²) >= 11 is 5.53. The van der Waals surface area contributed by atoms with Crippen LogP contribution in [0, 0.1) is 11.8 Å². The summed E-state index contributed by atoms with van der Waals surface area (Å²) in [7, 11) is 0. The standard InChI is InChI=1S/C10H16ClNO/c11-9(13)10(12)5-7-3-1-2-4-8(7)6-10/h7-8H,1-6,12H2. The van der Waals surface area contributed by atoms with Gasteiger partial charge in [0.15, 0.2) is 0 Å². The van der Waals surface area contributed by atoms with Crippen LogP contribution >= 0.6 is 11.6 Å². The summed E-state index contributed by atoms with van der Waals surface area (Å²) in [6.45, 7) is 0. The van der Waals surface area contributed by atoms with E-state index < -0.39 is 5.54 Å². The molecule has 74 valence electrons. The van der Waals surface area contributed by atoms with Crippen molar-refractivity contribution in [2.24, 2.45) is 17.6 Å². The first-order valence-electron chi connectivity index (χ1n) is 5.11. The zero-order valence-electron chi connectivity index (χ0n) is 7.76. The van der Waals surface area contributed by atoms with E-state index in [1.54, 1.807) is 0 Å². The minimum absolute atomic E-state index is 0.332. The lowest BCUT2D eigenvalue weighted by molar-refractivity contribution is -0.116. The topological polar surface area (TPSA) is 43.1 Å². The zero-order chi connectivity index (χ0) is 9.47. The molecule has 0 heterocycles. The highest BCUT2D eigenvalue weighted by molar-refractivity contribution is 6.65. The second kappa shape index (κ2) is 3.25. The first kappa shape index (κ1) is 9.47. The van der Waals surface area contributed by atoms with Gasteiger partial charge in [-0.2, -0.15) is 0 Å². The Morgan fingerprint density at radius 1 is 1.23 bits per heavy atom. The summed E-state index contributed by atoms with van der Waals surface area (Å²) < 4.78 is 0. The van der Waals surface area contributed by atoms with Gasteiger partial charge in [-0.3, -0.25) is 4.79 Å². The van der Waals surface area contributed by atoms with Crippen LogP contribution < -0.4 is 5.73 Å². The van der Waals surface area contributed by atoms with Crippen molar-refractivity contribution in [3.05, 3.63) is 0 Å². The van der Waals surface area contributed by atoms with Gasteiger partial charge in [-0.1, -0.05) is 25.7 Å². The molecule has 2 saturated carbocycles. The first-order valence-corrected chi connectivity index (χ1v) is 5.48. The maximum Gasteiger partial charge on any atom is 0.241 e. The minimum atomic E-state index is -0.693. The molecule has 0 saturated heterocycles. The Morgan fingerprint density at radius 3 is 2.08 bits per heavy atom. The third-order valence-corrected chi connectivity index (χ3v) is 4.09. The number of rotatable bonds is 1. The van der Waals surface area contributed by atoms with E-state index in [4.69, 9.17) is 17.3 Å². The number of carbonyl (C=O) groups excluding carboxylic acids is 1. The fraction of sp³-hybridized carbons (Fsp3) is 0.900. The largest absolute Gasteiger partial charge is 0.318 e. The molecule has 2 atom stereocenters. The molecule has 3 heteroatoms. The lowest BCUT2D eigenvalue weighted by Gasteiger charge is -2.23. The maximum absolute atomic E-state index is 11.2. The van der Waals surface area contributed by atoms with Gasteiger partial charge in [-0.25, -0.2) is 0 Å². The molecule has 0 amide bonds. The zero-order valence-corrected chi connectivity index (χ0v) is 8.52. The van der Waals surface area contributed by atoms with E-state index in [0.717, 1.165) is 12.8 Å². The van der Waals surface area contributed by atoms with Crippen molar-refractivity contribution < 1.29 is 4.79 Å².